The minimum absolute atomic E-state index is 0.0610. The Kier molecular flexibility index (Phi) is 6.83. The number of fused-ring (bicyclic) bond motifs is 1. The predicted octanol–water partition coefficient (Wildman–Crippen LogP) is 6.07. The first-order valence-electron chi connectivity index (χ1n) is 13.7. The van der Waals surface area contributed by atoms with Gasteiger partial charge in [0.1, 0.15) is 6.23 Å². The summed E-state index contributed by atoms with van der Waals surface area (Å²) in [6.07, 6.45) is 12.1. The van der Waals surface area contributed by atoms with Crippen molar-refractivity contribution in [1.29, 1.82) is 0 Å². The highest BCUT2D eigenvalue weighted by molar-refractivity contribution is 5.85. The van der Waals surface area contributed by atoms with Crippen molar-refractivity contribution in [2.24, 2.45) is 5.92 Å². The Morgan fingerprint density at radius 2 is 1.97 bits per heavy atom. The van der Waals surface area contributed by atoms with Gasteiger partial charge in [-0.05, 0) is 74.3 Å². The lowest BCUT2D eigenvalue weighted by molar-refractivity contribution is -0.131. The number of hydrogen-bond donors (Lipinski definition) is 0. The summed E-state index contributed by atoms with van der Waals surface area (Å²) in [6, 6.07) is 19.5. The van der Waals surface area contributed by atoms with E-state index < -0.39 is 0 Å². The van der Waals surface area contributed by atoms with E-state index >= 15 is 0 Å². The third kappa shape index (κ3) is 5.21. The molecule has 6 heteroatoms. The van der Waals surface area contributed by atoms with Crippen LogP contribution >= 0.6 is 0 Å². The average Bonchev–Trinajstić information content (AvgIpc) is 3.67. The minimum Gasteiger partial charge on any atom is -0.357 e. The van der Waals surface area contributed by atoms with Gasteiger partial charge in [-0.1, -0.05) is 36.4 Å². The highest BCUT2D eigenvalue weighted by Gasteiger charge is 2.32. The van der Waals surface area contributed by atoms with Crippen LogP contribution < -0.4 is 0 Å². The quantitative estimate of drug-likeness (QED) is 0.312. The molecule has 0 spiro atoms. The zero-order chi connectivity index (χ0) is 25.2. The maximum absolute atomic E-state index is 13.0. The summed E-state index contributed by atoms with van der Waals surface area (Å²) in [7, 11) is 0. The van der Waals surface area contributed by atoms with Gasteiger partial charge in [0.05, 0.1) is 6.20 Å². The van der Waals surface area contributed by atoms with E-state index in [0.717, 1.165) is 50.9 Å². The molecule has 2 aliphatic heterocycles. The van der Waals surface area contributed by atoms with Crippen molar-refractivity contribution >= 4 is 16.8 Å². The molecule has 6 nitrogen and oxygen atoms in total. The van der Waals surface area contributed by atoms with Crippen molar-refractivity contribution in [1.82, 2.24) is 19.2 Å². The molecule has 0 radical (unpaired) electrons. The molecule has 1 amide bonds. The van der Waals surface area contributed by atoms with E-state index in [1.807, 2.05) is 29.1 Å². The van der Waals surface area contributed by atoms with Crippen LogP contribution in [0.3, 0.4) is 0 Å². The van der Waals surface area contributed by atoms with Gasteiger partial charge < -0.3 is 14.2 Å². The average molecular weight is 497 g/mol. The minimum atomic E-state index is 0.0610. The maximum atomic E-state index is 13.0. The summed E-state index contributed by atoms with van der Waals surface area (Å²) in [6.45, 7) is 4.79. The number of carbonyl (C=O) groups is 1. The zero-order valence-corrected chi connectivity index (χ0v) is 21.6. The van der Waals surface area contributed by atoms with Gasteiger partial charge in [-0.25, -0.2) is 4.68 Å². The van der Waals surface area contributed by atoms with Gasteiger partial charge in [-0.15, -0.1) is 0 Å². The lowest BCUT2D eigenvalue weighted by Crippen LogP contribution is -2.34. The molecule has 2 aromatic heterocycles. The fourth-order valence-electron chi connectivity index (χ4n) is 6.06. The van der Waals surface area contributed by atoms with Crippen LogP contribution in [0.4, 0.5) is 0 Å². The van der Waals surface area contributed by atoms with Crippen molar-refractivity contribution in [2.45, 2.75) is 64.3 Å². The van der Waals surface area contributed by atoms with Crippen LogP contribution in [0.2, 0.25) is 0 Å². The van der Waals surface area contributed by atoms with E-state index in [-0.39, 0.29) is 12.1 Å². The highest BCUT2D eigenvalue weighted by Crippen LogP contribution is 2.30. The number of amides is 1. The predicted molar refractivity (Wildman–Crippen MR) is 146 cm³/mol. The third-order valence-corrected chi connectivity index (χ3v) is 8.06. The Morgan fingerprint density at radius 1 is 1.08 bits per heavy atom. The van der Waals surface area contributed by atoms with Gasteiger partial charge in [-0.3, -0.25) is 4.79 Å². The van der Waals surface area contributed by atoms with Crippen molar-refractivity contribution in [2.75, 3.05) is 13.2 Å². The smallest absolute Gasteiger partial charge is 0.223 e. The van der Waals surface area contributed by atoms with Crippen LogP contribution in [0.1, 0.15) is 50.8 Å². The molecule has 6 rings (SSSR count). The zero-order valence-electron chi connectivity index (χ0n) is 21.6. The molecule has 0 saturated carbocycles. The summed E-state index contributed by atoms with van der Waals surface area (Å²) in [4.78, 5) is 15.1. The largest absolute Gasteiger partial charge is 0.357 e. The molecule has 4 heterocycles. The van der Waals surface area contributed by atoms with Gasteiger partial charge in [0, 0.05) is 61.0 Å². The Labute approximate surface area is 218 Å². The number of aryl methyl sites for hydroxylation is 1. The molecule has 1 unspecified atom stereocenters. The van der Waals surface area contributed by atoms with E-state index in [0.29, 0.717) is 18.4 Å². The summed E-state index contributed by atoms with van der Waals surface area (Å²) in [5.41, 5.74) is 4.77. The van der Waals surface area contributed by atoms with Crippen LogP contribution in [-0.2, 0) is 22.5 Å². The van der Waals surface area contributed by atoms with Crippen LogP contribution in [-0.4, -0.2) is 44.3 Å². The summed E-state index contributed by atoms with van der Waals surface area (Å²) < 4.78 is 10.2. The Balaban J connectivity index is 1.10. The molecule has 2 aliphatic rings. The number of aromatic nitrogens is 3. The maximum Gasteiger partial charge on any atom is 0.223 e. The number of likely N-dealkylation sites (tertiary alicyclic amines) is 1. The molecule has 192 valence electrons. The molecule has 0 bridgehead atoms. The fourth-order valence-corrected chi connectivity index (χ4v) is 6.06. The first-order chi connectivity index (χ1) is 18.1. The number of ether oxygens (including phenoxy) is 1. The first-order valence-corrected chi connectivity index (χ1v) is 13.7. The molecule has 2 saturated heterocycles. The van der Waals surface area contributed by atoms with E-state index in [1.54, 1.807) is 0 Å². The number of nitrogens with zero attached hydrogens (tertiary/aromatic N) is 4. The van der Waals surface area contributed by atoms with E-state index in [1.165, 1.54) is 28.5 Å². The number of hydrogen-bond acceptors (Lipinski definition) is 3. The standard InChI is InChI=1S/C31H36N4O2/c1-23-17-25(21-34(23)30(36)13-10-24-7-3-2-4-8-24)20-33-15-14-27-18-26(11-12-29(27)33)28-19-32-35(22-28)31-9-5-6-16-37-31/h2-4,7-8,11-12,14-15,18-19,22-23,25,31H,5-6,9-10,13,16-17,20-21H2,1H3/t23-,25-,31?/m1/s1. The van der Waals surface area contributed by atoms with Crippen molar-refractivity contribution < 1.29 is 9.53 Å². The van der Waals surface area contributed by atoms with Crippen LogP contribution in [0.15, 0.2) is 73.2 Å². The normalized spacial score (nSPS) is 22.1. The first kappa shape index (κ1) is 24.0. The molecular formula is C31H36N4O2. The molecular weight excluding hydrogens is 460 g/mol. The van der Waals surface area contributed by atoms with E-state index in [9.17, 15) is 4.79 Å². The summed E-state index contributed by atoms with van der Waals surface area (Å²) in [5, 5.41) is 5.82. The fraction of sp³-hybridized carbons (Fsp3) is 0.419. The number of rotatable bonds is 7. The summed E-state index contributed by atoms with van der Waals surface area (Å²) in [5.74, 6) is 0.750. The molecule has 0 aliphatic carbocycles. The van der Waals surface area contributed by atoms with Gasteiger partial charge >= 0.3 is 0 Å². The van der Waals surface area contributed by atoms with E-state index in [4.69, 9.17) is 4.74 Å². The SMILES string of the molecule is C[C@@H]1C[C@H](Cn2ccc3cc(-c4cnn(C5CCCCO5)c4)ccc32)CN1C(=O)CCc1ccccc1. The lowest BCUT2D eigenvalue weighted by Gasteiger charge is -2.22. The van der Waals surface area contributed by atoms with Gasteiger partial charge in [0.15, 0.2) is 0 Å². The van der Waals surface area contributed by atoms with Gasteiger partial charge in [0.25, 0.3) is 0 Å². The molecule has 37 heavy (non-hydrogen) atoms. The Bertz CT molecular complexity index is 1350. The second-order valence-corrected chi connectivity index (χ2v) is 10.8. The highest BCUT2D eigenvalue weighted by atomic mass is 16.5. The van der Waals surface area contributed by atoms with Crippen LogP contribution in [0, 0.1) is 5.92 Å². The molecule has 4 aromatic rings. The molecule has 2 aromatic carbocycles. The van der Waals surface area contributed by atoms with Crippen molar-refractivity contribution in [3.05, 3.63) is 78.8 Å². The Hall–Kier alpha value is -3.38. The van der Waals surface area contributed by atoms with E-state index in [2.05, 4.69) is 70.3 Å². The second-order valence-electron chi connectivity index (χ2n) is 10.8. The molecule has 2 fully saturated rings. The van der Waals surface area contributed by atoms with Gasteiger partial charge in [-0.2, -0.15) is 5.10 Å². The summed E-state index contributed by atoms with van der Waals surface area (Å²) >= 11 is 0. The topological polar surface area (TPSA) is 52.3 Å². The monoisotopic (exact) mass is 496 g/mol. The van der Waals surface area contributed by atoms with Gasteiger partial charge in [0.2, 0.25) is 5.91 Å². The Morgan fingerprint density at radius 3 is 2.81 bits per heavy atom. The molecule has 3 atom stereocenters. The number of carbonyl (C=O) groups excluding carboxylic acids is 1. The second kappa shape index (κ2) is 10.5. The molecule has 0 N–H and O–H groups in total. The third-order valence-electron chi connectivity index (χ3n) is 8.06. The van der Waals surface area contributed by atoms with Crippen molar-refractivity contribution in [3.63, 3.8) is 0 Å². The van der Waals surface area contributed by atoms with Crippen LogP contribution in [0.5, 0.6) is 0 Å². The lowest BCUT2D eigenvalue weighted by atomic mass is 10.1. The van der Waals surface area contributed by atoms with Crippen molar-refractivity contribution in [3.8, 4) is 11.1 Å². The van der Waals surface area contributed by atoms with Crippen LogP contribution in [0.25, 0.3) is 22.0 Å². The number of benzene rings is 2.